The zero-order valence-electron chi connectivity index (χ0n) is 20.7. The van der Waals surface area contributed by atoms with Crippen LogP contribution in [-0.2, 0) is 11.3 Å². The number of aromatic carboxylic acids is 1. The fourth-order valence-electron chi connectivity index (χ4n) is 4.36. The molecule has 4 aromatic rings. The van der Waals surface area contributed by atoms with Crippen LogP contribution in [0.3, 0.4) is 0 Å². The highest BCUT2D eigenvalue weighted by molar-refractivity contribution is 9.10. The molecular weight excluding hydrogens is 572 g/mol. The predicted octanol–water partition coefficient (Wildman–Crippen LogP) is 5.83. The van der Waals surface area contributed by atoms with Gasteiger partial charge < -0.3 is 24.0 Å². The second kappa shape index (κ2) is 10.9. The number of benzene rings is 1. The first-order chi connectivity index (χ1) is 18.4. The molecule has 11 heteroatoms. The largest absolute Gasteiger partial charge is 0.477 e. The number of anilines is 1. The zero-order valence-corrected chi connectivity index (χ0v) is 23.1. The molecular formula is C27H23BrN4O5S. The van der Waals surface area contributed by atoms with Crippen molar-refractivity contribution in [3.63, 3.8) is 0 Å². The number of nitrogens with zero attached hydrogens (tertiary/aromatic N) is 4. The first-order valence-corrected chi connectivity index (χ1v) is 13.4. The summed E-state index contributed by atoms with van der Waals surface area (Å²) in [5.41, 5.74) is 4.80. The number of carbonyl (C=O) groups is 1. The number of rotatable bonds is 7. The van der Waals surface area contributed by atoms with E-state index in [0.29, 0.717) is 50.8 Å². The molecule has 1 aromatic carbocycles. The number of thiophene rings is 1. The Bertz CT molecular complexity index is 1510. The summed E-state index contributed by atoms with van der Waals surface area (Å²) in [7, 11) is 0. The van der Waals surface area contributed by atoms with Gasteiger partial charge in [-0.15, -0.1) is 11.3 Å². The molecule has 0 amide bonds. The van der Waals surface area contributed by atoms with Crippen LogP contribution < -0.4 is 9.64 Å². The second-order valence-electron chi connectivity index (χ2n) is 8.67. The monoisotopic (exact) mass is 594 g/mol. The third kappa shape index (κ3) is 5.15. The average Bonchev–Trinajstić information content (AvgIpc) is 3.48. The van der Waals surface area contributed by atoms with Gasteiger partial charge in [0, 0.05) is 39.9 Å². The van der Waals surface area contributed by atoms with E-state index in [-0.39, 0.29) is 22.9 Å². The van der Waals surface area contributed by atoms with Gasteiger partial charge in [0.1, 0.15) is 28.9 Å². The van der Waals surface area contributed by atoms with Crippen LogP contribution in [0.4, 0.5) is 5.69 Å². The summed E-state index contributed by atoms with van der Waals surface area (Å²) in [6.45, 7) is 6.74. The van der Waals surface area contributed by atoms with Crippen molar-refractivity contribution in [1.29, 1.82) is 5.26 Å². The van der Waals surface area contributed by atoms with Gasteiger partial charge in [-0.2, -0.15) is 5.26 Å². The molecule has 38 heavy (non-hydrogen) atoms. The summed E-state index contributed by atoms with van der Waals surface area (Å²) in [6.07, 6.45) is 0. The van der Waals surface area contributed by atoms with Gasteiger partial charge in [0.2, 0.25) is 5.88 Å². The number of carboxylic acids is 1. The molecule has 3 aromatic heterocycles. The van der Waals surface area contributed by atoms with Crippen molar-refractivity contribution in [3.8, 4) is 34.3 Å². The molecule has 0 aliphatic carbocycles. The van der Waals surface area contributed by atoms with Crippen molar-refractivity contribution in [3.05, 3.63) is 67.6 Å². The maximum atomic E-state index is 11.4. The number of hydrogen-bond acceptors (Lipinski definition) is 9. The number of morpholine rings is 1. The molecule has 0 radical (unpaired) electrons. The van der Waals surface area contributed by atoms with Gasteiger partial charge in [-0.25, -0.2) is 9.78 Å². The summed E-state index contributed by atoms with van der Waals surface area (Å²) < 4.78 is 17.5. The van der Waals surface area contributed by atoms with Gasteiger partial charge in [0.05, 0.1) is 29.5 Å². The van der Waals surface area contributed by atoms with Crippen molar-refractivity contribution in [2.75, 3.05) is 31.2 Å². The van der Waals surface area contributed by atoms with E-state index < -0.39 is 5.97 Å². The molecule has 0 bridgehead atoms. The number of pyridine rings is 1. The Labute approximate surface area is 231 Å². The van der Waals surface area contributed by atoms with Crippen molar-refractivity contribution in [2.24, 2.45) is 0 Å². The van der Waals surface area contributed by atoms with Crippen LogP contribution in [0.5, 0.6) is 5.88 Å². The Hall–Kier alpha value is -3.72. The van der Waals surface area contributed by atoms with Gasteiger partial charge in [-0.1, -0.05) is 17.3 Å². The van der Waals surface area contributed by atoms with Crippen LogP contribution in [0.25, 0.3) is 22.4 Å². The van der Waals surface area contributed by atoms with Gasteiger partial charge in [0.15, 0.2) is 0 Å². The highest BCUT2D eigenvalue weighted by atomic mass is 79.9. The minimum Gasteiger partial charge on any atom is -0.477 e. The molecule has 1 fully saturated rings. The molecule has 1 aliphatic rings. The van der Waals surface area contributed by atoms with Crippen molar-refractivity contribution in [1.82, 2.24) is 10.1 Å². The van der Waals surface area contributed by atoms with Crippen LogP contribution in [0.15, 0.2) is 45.4 Å². The summed E-state index contributed by atoms with van der Waals surface area (Å²) in [5.74, 6) is -0.285. The van der Waals surface area contributed by atoms with E-state index in [9.17, 15) is 15.2 Å². The minimum atomic E-state index is -1.01. The highest BCUT2D eigenvalue weighted by Gasteiger charge is 2.23. The molecule has 1 saturated heterocycles. The number of aryl methyl sites for hydroxylation is 2. The molecule has 4 heterocycles. The molecule has 5 rings (SSSR count). The molecule has 9 nitrogen and oxygen atoms in total. The second-order valence-corrected chi connectivity index (χ2v) is 10.7. The topological polar surface area (TPSA) is 122 Å². The molecule has 0 saturated carbocycles. The predicted molar refractivity (Wildman–Crippen MR) is 146 cm³/mol. The summed E-state index contributed by atoms with van der Waals surface area (Å²) in [4.78, 5) is 19.2. The van der Waals surface area contributed by atoms with Gasteiger partial charge in [-0.05, 0) is 54.0 Å². The molecule has 194 valence electrons. The standard InChI is InChI=1S/C27H23BrN4O5S/c1-15-25(16(2)37-31-15)19-11-22(17-3-5-18(6-4-17)32-7-9-35-10-8-32)30-26(20(19)13-29)36-14-24-21(28)12-23(38-24)27(33)34/h3-6,11-12H,7-10,14H2,1-2H3,(H,33,34). The quantitative estimate of drug-likeness (QED) is 0.281. The van der Waals surface area contributed by atoms with Crippen LogP contribution in [0, 0.1) is 25.2 Å². The molecule has 0 unspecified atom stereocenters. The van der Waals surface area contributed by atoms with Gasteiger partial charge in [0.25, 0.3) is 0 Å². The number of nitriles is 1. The Kier molecular flexibility index (Phi) is 7.46. The van der Waals surface area contributed by atoms with E-state index in [1.807, 2.05) is 37.3 Å². The lowest BCUT2D eigenvalue weighted by Gasteiger charge is -2.28. The van der Waals surface area contributed by atoms with E-state index in [0.717, 1.165) is 35.7 Å². The smallest absolute Gasteiger partial charge is 0.345 e. The number of hydrogen-bond donors (Lipinski definition) is 1. The van der Waals surface area contributed by atoms with Crippen molar-refractivity contribution >= 4 is 38.9 Å². The first kappa shape index (κ1) is 25.9. The van der Waals surface area contributed by atoms with Crippen molar-refractivity contribution in [2.45, 2.75) is 20.5 Å². The number of aromatic nitrogens is 2. The molecule has 1 aliphatic heterocycles. The number of halogens is 1. The maximum absolute atomic E-state index is 11.4. The Morgan fingerprint density at radius 3 is 2.58 bits per heavy atom. The third-order valence-corrected chi connectivity index (χ3v) is 8.31. The van der Waals surface area contributed by atoms with Gasteiger partial charge in [-0.3, -0.25) is 0 Å². The Morgan fingerprint density at radius 2 is 1.97 bits per heavy atom. The first-order valence-electron chi connectivity index (χ1n) is 11.8. The highest BCUT2D eigenvalue weighted by Crippen LogP contribution is 2.38. The average molecular weight is 595 g/mol. The van der Waals surface area contributed by atoms with Gasteiger partial charge >= 0.3 is 5.97 Å². The summed E-state index contributed by atoms with van der Waals surface area (Å²) in [6, 6.07) is 13.7. The number of ether oxygens (including phenoxy) is 2. The number of carboxylic acid groups (broad SMARTS) is 1. The lowest BCUT2D eigenvalue weighted by Crippen LogP contribution is -2.36. The fraction of sp³-hybridized carbons (Fsp3) is 0.259. The van der Waals surface area contributed by atoms with E-state index in [2.05, 4.69) is 32.1 Å². The van der Waals surface area contributed by atoms with Crippen LogP contribution in [0.2, 0.25) is 0 Å². The minimum absolute atomic E-state index is 0.0423. The molecule has 0 spiro atoms. The van der Waals surface area contributed by atoms with E-state index >= 15 is 0 Å². The fourth-order valence-corrected chi connectivity index (χ4v) is 5.90. The Morgan fingerprint density at radius 1 is 1.24 bits per heavy atom. The van der Waals surface area contributed by atoms with Crippen molar-refractivity contribution < 1.29 is 23.9 Å². The molecule has 1 N–H and O–H groups in total. The Balaban J connectivity index is 1.55. The van der Waals surface area contributed by atoms with E-state index in [1.54, 1.807) is 6.92 Å². The maximum Gasteiger partial charge on any atom is 0.345 e. The molecule has 0 atom stereocenters. The van der Waals surface area contributed by atoms with Crippen LogP contribution in [0.1, 0.15) is 31.6 Å². The normalized spacial score (nSPS) is 13.4. The summed E-state index contributed by atoms with van der Waals surface area (Å²) >= 11 is 4.50. The lowest BCUT2D eigenvalue weighted by molar-refractivity contribution is 0.0702. The van der Waals surface area contributed by atoms with Crippen LogP contribution >= 0.6 is 27.3 Å². The summed E-state index contributed by atoms with van der Waals surface area (Å²) in [5, 5.41) is 23.5. The van der Waals surface area contributed by atoms with Crippen LogP contribution in [-0.4, -0.2) is 47.5 Å². The van der Waals surface area contributed by atoms with E-state index in [1.165, 1.54) is 6.07 Å². The lowest BCUT2D eigenvalue weighted by atomic mass is 9.97. The SMILES string of the molecule is Cc1noc(C)c1-c1cc(-c2ccc(N3CCOCC3)cc2)nc(OCc2sc(C(=O)O)cc2Br)c1C#N. The third-order valence-electron chi connectivity index (χ3n) is 6.25. The van der Waals surface area contributed by atoms with E-state index in [4.69, 9.17) is 19.0 Å². The zero-order chi connectivity index (χ0) is 26.8.